The van der Waals surface area contributed by atoms with Crippen molar-refractivity contribution in [3.05, 3.63) is 27.3 Å². The van der Waals surface area contributed by atoms with Crippen molar-refractivity contribution in [2.45, 2.75) is 13.3 Å². The topological polar surface area (TPSA) is 17.8 Å². The van der Waals surface area contributed by atoms with Crippen LogP contribution in [0.2, 0.25) is 5.02 Å². The Balaban J connectivity index is 2.87. The summed E-state index contributed by atoms with van der Waals surface area (Å²) in [6.45, 7) is 2.12. The predicted molar refractivity (Wildman–Crippen MR) is 62.8 cm³/mol. The zero-order valence-corrected chi connectivity index (χ0v) is 10.4. The van der Waals surface area contributed by atoms with E-state index < -0.39 is 0 Å². The second-order valence-electron chi connectivity index (χ2n) is 3.21. The summed E-state index contributed by atoms with van der Waals surface area (Å²) in [4.78, 5) is 0. The number of halogens is 2. The maximum atomic E-state index is 6.10. The number of rotatable bonds is 1. The molecule has 0 spiro atoms. The molecule has 0 N–H and O–H groups in total. The van der Waals surface area contributed by atoms with Gasteiger partial charge in [0.25, 0.3) is 0 Å². The van der Waals surface area contributed by atoms with E-state index in [1.165, 1.54) is 5.69 Å². The van der Waals surface area contributed by atoms with Crippen molar-refractivity contribution in [3.8, 4) is 0 Å². The van der Waals surface area contributed by atoms with Crippen molar-refractivity contribution in [2.24, 2.45) is 7.05 Å². The zero-order valence-electron chi connectivity index (χ0n) is 8.01. The molecule has 2 rings (SSSR count). The number of benzene rings is 1. The Morgan fingerprint density at radius 1 is 1.50 bits per heavy atom. The lowest BCUT2D eigenvalue weighted by atomic mass is 10.2. The molecule has 0 amide bonds. The van der Waals surface area contributed by atoms with Gasteiger partial charge < -0.3 is 0 Å². The van der Waals surface area contributed by atoms with E-state index in [1.54, 1.807) is 0 Å². The Labute approximate surface area is 96.0 Å². The highest BCUT2D eigenvalue weighted by Crippen LogP contribution is 2.29. The van der Waals surface area contributed by atoms with Crippen molar-refractivity contribution in [2.75, 3.05) is 0 Å². The predicted octanol–water partition coefficient (Wildman–Crippen LogP) is 3.55. The van der Waals surface area contributed by atoms with Crippen LogP contribution in [0.3, 0.4) is 0 Å². The highest BCUT2D eigenvalue weighted by Gasteiger charge is 2.10. The molecule has 14 heavy (non-hydrogen) atoms. The highest BCUT2D eigenvalue weighted by molar-refractivity contribution is 9.10. The summed E-state index contributed by atoms with van der Waals surface area (Å²) in [6, 6.07) is 3.93. The Bertz CT molecular complexity index is 490. The summed E-state index contributed by atoms with van der Waals surface area (Å²) in [7, 11) is 1.95. The van der Waals surface area contributed by atoms with Gasteiger partial charge in [0.15, 0.2) is 0 Å². The first-order valence-electron chi connectivity index (χ1n) is 4.44. The molecule has 0 saturated heterocycles. The standard InChI is InChI=1S/C10H10BrClN2/c1-3-9-7-4-6(11)5-8(12)10(7)13-14(9)2/h4-5H,3H2,1-2H3. The van der Waals surface area contributed by atoms with Gasteiger partial charge in [0, 0.05) is 22.6 Å². The van der Waals surface area contributed by atoms with Gasteiger partial charge in [0.1, 0.15) is 5.52 Å². The van der Waals surface area contributed by atoms with Crippen LogP contribution in [0.5, 0.6) is 0 Å². The number of aryl methyl sites for hydroxylation is 2. The molecule has 2 nitrogen and oxygen atoms in total. The normalized spacial score (nSPS) is 11.1. The fraction of sp³-hybridized carbons (Fsp3) is 0.300. The van der Waals surface area contributed by atoms with E-state index in [2.05, 4.69) is 34.0 Å². The van der Waals surface area contributed by atoms with Crippen LogP contribution in [0.4, 0.5) is 0 Å². The summed E-state index contributed by atoms with van der Waals surface area (Å²) in [5.41, 5.74) is 2.09. The molecule has 0 aliphatic heterocycles. The number of aromatic nitrogens is 2. The van der Waals surface area contributed by atoms with Gasteiger partial charge in [-0.25, -0.2) is 0 Å². The molecule has 0 atom stereocenters. The average Bonchev–Trinajstić information content (AvgIpc) is 2.41. The quantitative estimate of drug-likeness (QED) is 0.777. The molecule has 0 saturated carbocycles. The van der Waals surface area contributed by atoms with Crippen molar-refractivity contribution in [3.63, 3.8) is 0 Å². The second-order valence-corrected chi connectivity index (χ2v) is 4.53. The van der Waals surface area contributed by atoms with Gasteiger partial charge in [0.2, 0.25) is 0 Å². The minimum absolute atomic E-state index is 0.699. The SMILES string of the molecule is CCc1c2cc(Br)cc(Cl)c2nn1C. The van der Waals surface area contributed by atoms with Gasteiger partial charge in [0.05, 0.1) is 5.02 Å². The van der Waals surface area contributed by atoms with Crippen LogP contribution < -0.4 is 0 Å². The van der Waals surface area contributed by atoms with Crippen LogP contribution in [0.15, 0.2) is 16.6 Å². The first kappa shape index (κ1) is 9.99. The van der Waals surface area contributed by atoms with E-state index in [0.29, 0.717) is 5.02 Å². The number of hydrogen-bond acceptors (Lipinski definition) is 1. The molecule has 1 aromatic carbocycles. The summed E-state index contributed by atoms with van der Waals surface area (Å²) < 4.78 is 2.89. The Hall–Kier alpha value is -0.540. The third-order valence-corrected chi connectivity index (χ3v) is 3.06. The fourth-order valence-electron chi connectivity index (χ4n) is 1.69. The van der Waals surface area contributed by atoms with Gasteiger partial charge in [-0.1, -0.05) is 34.5 Å². The molecule has 0 aliphatic rings. The zero-order chi connectivity index (χ0) is 10.3. The highest BCUT2D eigenvalue weighted by atomic mass is 79.9. The number of fused-ring (bicyclic) bond motifs is 1. The largest absolute Gasteiger partial charge is 0.271 e. The van der Waals surface area contributed by atoms with Crippen LogP contribution >= 0.6 is 27.5 Å². The van der Waals surface area contributed by atoms with Crippen LogP contribution in [-0.4, -0.2) is 9.78 Å². The summed E-state index contributed by atoms with van der Waals surface area (Å²) in [5, 5.41) is 6.22. The monoisotopic (exact) mass is 272 g/mol. The molecule has 0 aliphatic carbocycles. The van der Waals surface area contributed by atoms with E-state index >= 15 is 0 Å². The lowest BCUT2D eigenvalue weighted by molar-refractivity contribution is 0.728. The molecule has 0 radical (unpaired) electrons. The molecule has 1 aromatic heterocycles. The molecule has 4 heteroatoms. The van der Waals surface area contributed by atoms with Crippen LogP contribution in [-0.2, 0) is 13.5 Å². The molecule has 74 valence electrons. The van der Waals surface area contributed by atoms with Gasteiger partial charge in [-0.05, 0) is 18.6 Å². The van der Waals surface area contributed by atoms with E-state index in [-0.39, 0.29) is 0 Å². The van der Waals surface area contributed by atoms with Gasteiger partial charge >= 0.3 is 0 Å². The van der Waals surface area contributed by atoms with Gasteiger partial charge in [-0.2, -0.15) is 5.10 Å². The first-order valence-corrected chi connectivity index (χ1v) is 5.61. The smallest absolute Gasteiger partial charge is 0.111 e. The van der Waals surface area contributed by atoms with Crippen LogP contribution in [0.1, 0.15) is 12.6 Å². The van der Waals surface area contributed by atoms with E-state index in [1.807, 2.05) is 17.8 Å². The molecule has 1 heterocycles. The summed E-state index contributed by atoms with van der Waals surface area (Å²) in [6.07, 6.45) is 0.958. The fourth-order valence-corrected chi connectivity index (χ4v) is 2.54. The van der Waals surface area contributed by atoms with Gasteiger partial charge in [-0.3, -0.25) is 4.68 Å². The molecular weight excluding hydrogens is 263 g/mol. The lowest BCUT2D eigenvalue weighted by Crippen LogP contribution is -1.95. The molecule has 0 bridgehead atoms. The molecular formula is C10H10BrClN2. The number of hydrogen-bond donors (Lipinski definition) is 0. The van der Waals surface area contributed by atoms with Crippen molar-refractivity contribution >= 4 is 38.4 Å². The molecule has 0 unspecified atom stereocenters. The maximum absolute atomic E-state index is 6.10. The first-order chi connectivity index (χ1) is 6.63. The summed E-state index contributed by atoms with van der Waals surface area (Å²) >= 11 is 9.53. The maximum Gasteiger partial charge on any atom is 0.111 e. The average molecular weight is 274 g/mol. The lowest BCUT2D eigenvalue weighted by Gasteiger charge is -1.97. The van der Waals surface area contributed by atoms with Crippen LogP contribution in [0.25, 0.3) is 10.9 Å². The van der Waals surface area contributed by atoms with Crippen molar-refractivity contribution in [1.29, 1.82) is 0 Å². The third-order valence-electron chi connectivity index (χ3n) is 2.31. The van der Waals surface area contributed by atoms with E-state index in [9.17, 15) is 0 Å². The third kappa shape index (κ3) is 1.44. The van der Waals surface area contributed by atoms with Crippen LogP contribution in [0, 0.1) is 0 Å². The molecule has 2 aromatic rings. The summed E-state index contributed by atoms with van der Waals surface area (Å²) in [5.74, 6) is 0. The van der Waals surface area contributed by atoms with Crippen molar-refractivity contribution < 1.29 is 0 Å². The second kappa shape index (κ2) is 3.55. The molecule has 0 fully saturated rings. The van der Waals surface area contributed by atoms with Gasteiger partial charge in [-0.15, -0.1) is 0 Å². The minimum atomic E-state index is 0.699. The van der Waals surface area contributed by atoms with E-state index in [4.69, 9.17) is 11.6 Å². The number of nitrogens with zero attached hydrogens (tertiary/aromatic N) is 2. The van der Waals surface area contributed by atoms with E-state index in [0.717, 1.165) is 21.8 Å². The minimum Gasteiger partial charge on any atom is -0.271 e. The van der Waals surface area contributed by atoms with Crippen molar-refractivity contribution in [1.82, 2.24) is 9.78 Å². The Morgan fingerprint density at radius 2 is 2.21 bits per heavy atom. The Morgan fingerprint density at radius 3 is 2.86 bits per heavy atom. The Kier molecular flexibility index (Phi) is 2.54.